The minimum atomic E-state index is -1.03. The van der Waals surface area contributed by atoms with E-state index in [0.717, 1.165) is 12.8 Å². The molecule has 0 saturated heterocycles. The average molecular weight is 310 g/mol. The molecule has 7 heteroatoms. The number of anilines is 1. The molecule has 6 nitrogen and oxygen atoms in total. The van der Waals surface area contributed by atoms with Crippen molar-refractivity contribution in [1.82, 2.24) is 14.9 Å². The fourth-order valence-corrected chi connectivity index (χ4v) is 1.98. The highest BCUT2D eigenvalue weighted by atomic mass is 32.2. The molecule has 2 N–H and O–H groups in total. The Bertz CT molecular complexity index is 518. The zero-order valence-electron chi connectivity index (χ0n) is 12.9. The molecule has 1 aromatic rings. The summed E-state index contributed by atoms with van der Waals surface area (Å²) in [6, 6.07) is 0. The van der Waals surface area contributed by atoms with E-state index in [-0.39, 0.29) is 5.56 Å². The van der Waals surface area contributed by atoms with Crippen LogP contribution in [0.2, 0.25) is 0 Å². The molecule has 0 radical (unpaired) electrons. The van der Waals surface area contributed by atoms with Gasteiger partial charge in [-0.05, 0) is 18.8 Å². The van der Waals surface area contributed by atoms with Gasteiger partial charge in [0.05, 0.1) is 5.69 Å². The van der Waals surface area contributed by atoms with Crippen LogP contribution in [0.15, 0.2) is 11.4 Å². The van der Waals surface area contributed by atoms with Crippen molar-refractivity contribution in [3.8, 4) is 0 Å². The van der Waals surface area contributed by atoms with Crippen molar-refractivity contribution in [3.05, 3.63) is 17.5 Å². The highest BCUT2D eigenvalue weighted by molar-refractivity contribution is 7.98. The van der Waals surface area contributed by atoms with E-state index < -0.39 is 5.97 Å². The molecule has 0 unspecified atom stereocenters. The number of rotatable bonds is 8. The SMILES string of the molecule is CCCCNc1nc(SC)nc(C=CN(C)C)c1C(=O)O. The smallest absolute Gasteiger partial charge is 0.341 e. The van der Waals surface area contributed by atoms with Crippen LogP contribution >= 0.6 is 11.8 Å². The van der Waals surface area contributed by atoms with Crippen molar-refractivity contribution in [3.63, 3.8) is 0 Å². The number of hydrogen-bond acceptors (Lipinski definition) is 6. The van der Waals surface area contributed by atoms with Gasteiger partial charge in [0.15, 0.2) is 5.16 Å². The normalized spacial score (nSPS) is 10.9. The van der Waals surface area contributed by atoms with Crippen molar-refractivity contribution in [2.24, 2.45) is 0 Å². The second-order valence-electron chi connectivity index (χ2n) is 4.68. The average Bonchev–Trinajstić information content (AvgIpc) is 2.44. The van der Waals surface area contributed by atoms with Gasteiger partial charge in [-0.15, -0.1) is 0 Å². The van der Waals surface area contributed by atoms with Crippen LogP contribution in [0.25, 0.3) is 6.08 Å². The molecule has 0 atom stereocenters. The first kappa shape index (κ1) is 17.3. The Hall–Kier alpha value is -1.76. The van der Waals surface area contributed by atoms with Gasteiger partial charge in [0.25, 0.3) is 0 Å². The van der Waals surface area contributed by atoms with Gasteiger partial charge < -0.3 is 15.3 Å². The van der Waals surface area contributed by atoms with Gasteiger partial charge in [-0.25, -0.2) is 14.8 Å². The number of unbranched alkanes of at least 4 members (excludes halogenated alkanes) is 1. The molecule has 0 aliphatic rings. The molecule has 1 rings (SSSR count). The van der Waals surface area contributed by atoms with Crippen molar-refractivity contribution in [1.29, 1.82) is 0 Å². The maximum absolute atomic E-state index is 11.5. The summed E-state index contributed by atoms with van der Waals surface area (Å²) in [5, 5.41) is 13.1. The number of carboxylic acid groups (broad SMARTS) is 1. The maximum atomic E-state index is 11.5. The van der Waals surface area contributed by atoms with Crippen molar-refractivity contribution in [2.75, 3.05) is 32.2 Å². The Morgan fingerprint density at radius 1 is 1.43 bits per heavy atom. The number of hydrogen-bond donors (Lipinski definition) is 2. The summed E-state index contributed by atoms with van der Waals surface area (Å²) in [5.41, 5.74) is 0.525. The summed E-state index contributed by atoms with van der Waals surface area (Å²) in [6.07, 6.45) is 7.32. The Labute approximate surface area is 129 Å². The van der Waals surface area contributed by atoms with Crippen molar-refractivity contribution in [2.45, 2.75) is 24.9 Å². The third-order valence-electron chi connectivity index (χ3n) is 2.67. The molecule has 21 heavy (non-hydrogen) atoms. The van der Waals surface area contributed by atoms with Gasteiger partial charge in [-0.3, -0.25) is 0 Å². The lowest BCUT2D eigenvalue weighted by molar-refractivity contribution is 0.0696. The summed E-state index contributed by atoms with van der Waals surface area (Å²) in [7, 11) is 3.74. The molecule has 0 aromatic carbocycles. The van der Waals surface area contributed by atoms with E-state index in [4.69, 9.17) is 0 Å². The topological polar surface area (TPSA) is 78.4 Å². The van der Waals surface area contributed by atoms with Crippen LogP contribution < -0.4 is 5.32 Å². The minimum Gasteiger partial charge on any atom is -0.477 e. The van der Waals surface area contributed by atoms with E-state index in [1.54, 1.807) is 12.3 Å². The number of nitrogens with one attached hydrogen (secondary N) is 1. The van der Waals surface area contributed by atoms with Gasteiger partial charge in [-0.2, -0.15) is 0 Å². The van der Waals surface area contributed by atoms with Crippen LogP contribution in [0.4, 0.5) is 5.82 Å². The van der Waals surface area contributed by atoms with Crippen molar-refractivity contribution >= 4 is 29.6 Å². The van der Waals surface area contributed by atoms with Crippen LogP contribution in [0.1, 0.15) is 35.8 Å². The Morgan fingerprint density at radius 3 is 2.67 bits per heavy atom. The molecule has 116 valence electrons. The first-order valence-electron chi connectivity index (χ1n) is 6.77. The fourth-order valence-electron chi connectivity index (χ4n) is 1.61. The summed E-state index contributed by atoms with van der Waals surface area (Å²) >= 11 is 1.39. The number of aromatic carboxylic acids is 1. The van der Waals surface area contributed by atoms with E-state index in [0.29, 0.717) is 23.2 Å². The highest BCUT2D eigenvalue weighted by Gasteiger charge is 2.18. The Kier molecular flexibility index (Phi) is 7.01. The molecule has 1 aromatic heterocycles. The van der Waals surface area contributed by atoms with E-state index >= 15 is 0 Å². The van der Waals surface area contributed by atoms with Crippen LogP contribution in [-0.4, -0.2) is 52.8 Å². The molecular weight excluding hydrogens is 288 g/mol. The zero-order chi connectivity index (χ0) is 15.8. The van der Waals surface area contributed by atoms with E-state index in [9.17, 15) is 9.90 Å². The minimum absolute atomic E-state index is 0.113. The fraction of sp³-hybridized carbons (Fsp3) is 0.500. The standard InChI is InChI=1S/C14H22N4O2S/c1-5-6-8-15-12-11(13(19)20)10(7-9-18(2)3)16-14(17-12)21-4/h7,9H,5-6,8H2,1-4H3,(H,19,20)(H,15,16,17). The summed E-state index contributed by atoms with van der Waals surface area (Å²) in [5.74, 6) is -0.645. The number of thioether (sulfide) groups is 1. The number of aromatic nitrogens is 2. The predicted octanol–water partition coefficient (Wildman–Crippen LogP) is 2.64. The lowest BCUT2D eigenvalue weighted by Crippen LogP contribution is -2.13. The first-order chi connectivity index (χ1) is 9.99. The zero-order valence-corrected chi connectivity index (χ0v) is 13.7. The number of nitrogens with zero attached hydrogens (tertiary/aromatic N) is 3. The molecule has 0 bridgehead atoms. The summed E-state index contributed by atoms with van der Waals surface area (Å²) in [6.45, 7) is 2.77. The molecule has 0 saturated carbocycles. The van der Waals surface area contributed by atoms with Crippen LogP contribution in [-0.2, 0) is 0 Å². The number of carboxylic acids is 1. The monoisotopic (exact) mass is 310 g/mol. The lowest BCUT2D eigenvalue weighted by atomic mass is 10.2. The Balaban J connectivity index is 3.25. The molecule has 1 heterocycles. The molecule has 0 fully saturated rings. The van der Waals surface area contributed by atoms with Gasteiger partial charge in [0.1, 0.15) is 11.4 Å². The predicted molar refractivity (Wildman–Crippen MR) is 86.9 cm³/mol. The van der Waals surface area contributed by atoms with Crippen LogP contribution in [0, 0.1) is 0 Å². The molecule has 0 aliphatic carbocycles. The third kappa shape index (κ3) is 5.26. The summed E-state index contributed by atoms with van der Waals surface area (Å²) in [4.78, 5) is 22.0. The first-order valence-corrected chi connectivity index (χ1v) is 7.99. The van der Waals surface area contributed by atoms with E-state index in [1.807, 2.05) is 25.3 Å². The van der Waals surface area contributed by atoms with Crippen LogP contribution in [0.5, 0.6) is 0 Å². The van der Waals surface area contributed by atoms with Crippen molar-refractivity contribution < 1.29 is 9.90 Å². The van der Waals surface area contributed by atoms with Crippen LogP contribution in [0.3, 0.4) is 0 Å². The highest BCUT2D eigenvalue weighted by Crippen LogP contribution is 2.22. The summed E-state index contributed by atoms with van der Waals surface area (Å²) < 4.78 is 0. The van der Waals surface area contributed by atoms with Gasteiger partial charge in [-0.1, -0.05) is 25.1 Å². The second-order valence-corrected chi connectivity index (χ2v) is 5.46. The second kappa shape index (κ2) is 8.51. The van der Waals surface area contributed by atoms with E-state index in [1.165, 1.54) is 11.8 Å². The van der Waals surface area contributed by atoms with E-state index in [2.05, 4.69) is 22.2 Å². The molecular formula is C14H22N4O2S. The third-order valence-corrected chi connectivity index (χ3v) is 3.21. The largest absolute Gasteiger partial charge is 0.477 e. The molecule has 0 spiro atoms. The molecule has 0 amide bonds. The van der Waals surface area contributed by atoms with Gasteiger partial charge >= 0.3 is 5.97 Å². The number of carbonyl (C=O) groups is 1. The van der Waals surface area contributed by atoms with Gasteiger partial charge in [0, 0.05) is 26.8 Å². The Morgan fingerprint density at radius 2 is 2.14 bits per heavy atom. The molecule has 0 aliphatic heterocycles. The lowest BCUT2D eigenvalue weighted by Gasteiger charge is -2.12. The quantitative estimate of drug-likeness (QED) is 0.434. The van der Waals surface area contributed by atoms with Gasteiger partial charge in [0.2, 0.25) is 0 Å². The maximum Gasteiger partial charge on any atom is 0.341 e.